The van der Waals surface area contributed by atoms with Crippen LogP contribution in [0.2, 0.25) is 0 Å². The highest BCUT2D eigenvalue weighted by atomic mass is 16.5. The summed E-state index contributed by atoms with van der Waals surface area (Å²) < 4.78 is 5.89. The number of hydrogen-bond acceptors (Lipinski definition) is 3. The highest BCUT2D eigenvalue weighted by Crippen LogP contribution is 2.32. The lowest BCUT2D eigenvalue weighted by Crippen LogP contribution is -2.56. The molecule has 0 radical (unpaired) electrons. The van der Waals surface area contributed by atoms with E-state index < -0.39 is 0 Å². The molecule has 16 heavy (non-hydrogen) atoms. The van der Waals surface area contributed by atoms with Crippen LogP contribution in [0.5, 0.6) is 0 Å². The van der Waals surface area contributed by atoms with Crippen molar-refractivity contribution in [2.45, 2.75) is 63.3 Å². The van der Waals surface area contributed by atoms with Gasteiger partial charge in [-0.25, -0.2) is 0 Å². The van der Waals surface area contributed by atoms with Crippen molar-refractivity contribution in [2.75, 3.05) is 19.7 Å². The zero-order valence-electron chi connectivity index (χ0n) is 10.3. The van der Waals surface area contributed by atoms with Gasteiger partial charge in [-0.1, -0.05) is 0 Å². The molecular weight excluding hydrogens is 200 g/mol. The summed E-state index contributed by atoms with van der Waals surface area (Å²) in [4.78, 5) is 2.78. The Morgan fingerprint density at radius 3 is 3.06 bits per heavy atom. The van der Waals surface area contributed by atoms with Gasteiger partial charge in [-0.05, 0) is 45.6 Å². The van der Waals surface area contributed by atoms with Crippen LogP contribution in [0, 0.1) is 0 Å². The van der Waals surface area contributed by atoms with Crippen molar-refractivity contribution >= 4 is 0 Å². The predicted octanol–water partition coefficient (Wildman–Crippen LogP) is 1.38. The molecule has 3 fully saturated rings. The maximum absolute atomic E-state index is 5.89. The van der Waals surface area contributed by atoms with Gasteiger partial charge in [0.25, 0.3) is 0 Å². The van der Waals surface area contributed by atoms with Crippen LogP contribution in [0.25, 0.3) is 0 Å². The summed E-state index contributed by atoms with van der Waals surface area (Å²) in [6.07, 6.45) is 7.23. The predicted molar refractivity (Wildman–Crippen MR) is 64.6 cm³/mol. The van der Waals surface area contributed by atoms with Gasteiger partial charge < -0.3 is 10.1 Å². The molecular formula is C13H24N2O. The van der Waals surface area contributed by atoms with Crippen LogP contribution >= 0.6 is 0 Å². The van der Waals surface area contributed by atoms with E-state index in [0.29, 0.717) is 12.1 Å². The lowest BCUT2D eigenvalue weighted by molar-refractivity contribution is -0.0771. The van der Waals surface area contributed by atoms with Gasteiger partial charge in [-0.3, -0.25) is 4.90 Å². The molecule has 4 atom stereocenters. The third kappa shape index (κ3) is 2.01. The largest absolute Gasteiger partial charge is 0.375 e. The molecule has 2 saturated heterocycles. The zero-order chi connectivity index (χ0) is 11.0. The van der Waals surface area contributed by atoms with Gasteiger partial charge in [0.2, 0.25) is 0 Å². The van der Waals surface area contributed by atoms with E-state index in [1.165, 1.54) is 45.2 Å². The minimum atomic E-state index is 0.555. The molecule has 0 aromatic heterocycles. The average molecular weight is 224 g/mol. The molecule has 4 unspecified atom stereocenters. The van der Waals surface area contributed by atoms with E-state index in [-0.39, 0.29) is 0 Å². The van der Waals surface area contributed by atoms with Gasteiger partial charge in [-0.15, -0.1) is 0 Å². The third-order valence-electron chi connectivity index (χ3n) is 4.59. The lowest BCUT2D eigenvalue weighted by Gasteiger charge is -2.45. The third-order valence-corrected chi connectivity index (χ3v) is 4.59. The molecule has 2 heterocycles. The number of morpholine rings is 1. The standard InChI is InChI=1S/C13H24N2O/c1-10-9-11(5-6-14-10)15-7-8-16-13-4-2-3-12(13)15/h10-14H,2-9H2,1H3. The number of rotatable bonds is 1. The number of hydrogen-bond donors (Lipinski definition) is 1. The van der Waals surface area contributed by atoms with Gasteiger partial charge in [0.15, 0.2) is 0 Å². The Morgan fingerprint density at radius 2 is 2.19 bits per heavy atom. The van der Waals surface area contributed by atoms with Crippen molar-refractivity contribution < 1.29 is 4.74 Å². The quantitative estimate of drug-likeness (QED) is 0.728. The molecule has 3 heteroatoms. The second kappa shape index (κ2) is 4.63. The molecule has 0 aromatic carbocycles. The van der Waals surface area contributed by atoms with Crippen LogP contribution in [0.3, 0.4) is 0 Å². The van der Waals surface area contributed by atoms with E-state index in [9.17, 15) is 0 Å². The Bertz CT molecular complexity index is 246. The summed E-state index contributed by atoms with van der Waals surface area (Å²) in [5.74, 6) is 0. The van der Waals surface area contributed by atoms with Crippen molar-refractivity contribution in [1.29, 1.82) is 0 Å². The fourth-order valence-corrected chi connectivity index (χ4v) is 3.82. The van der Waals surface area contributed by atoms with Gasteiger partial charge in [-0.2, -0.15) is 0 Å². The zero-order valence-corrected chi connectivity index (χ0v) is 10.3. The lowest BCUT2D eigenvalue weighted by atomic mass is 9.96. The van der Waals surface area contributed by atoms with Gasteiger partial charge in [0, 0.05) is 24.7 Å². The molecule has 1 aliphatic carbocycles. The number of piperidine rings is 1. The average Bonchev–Trinajstić information content (AvgIpc) is 2.76. The fourth-order valence-electron chi connectivity index (χ4n) is 3.82. The summed E-state index contributed by atoms with van der Waals surface area (Å²) in [5, 5.41) is 3.55. The molecule has 2 aliphatic heterocycles. The molecule has 3 rings (SSSR count). The monoisotopic (exact) mass is 224 g/mol. The number of ether oxygens (including phenoxy) is 1. The Morgan fingerprint density at radius 1 is 1.25 bits per heavy atom. The minimum absolute atomic E-state index is 0.555. The van der Waals surface area contributed by atoms with Crippen molar-refractivity contribution in [3.8, 4) is 0 Å². The van der Waals surface area contributed by atoms with E-state index in [2.05, 4.69) is 17.1 Å². The van der Waals surface area contributed by atoms with Crippen molar-refractivity contribution in [2.24, 2.45) is 0 Å². The molecule has 92 valence electrons. The Hall–Kier alpha value is -0.120. The fraction of sp³-hybridized carbons (Fsp3) is 1.00. The van der Waals surface area contributed by atoms with E-state index in [0.717, 1.165) is 18.7 Å². The summed E-state index contributed by atoms with van der Waals surface area (Å²) in [6.45, 7) is 5.64. The van der Waals surface area contributed by atoms with Crippen molar-refractivity contribution in [1.82, 2.24) is 10.2 Å². The molecule has 1 saturated carbocycles. The van der Waals surface area contributed by atoms with Crippen LogP contribution in [0.1, 0.15) is 39.0 Å². The molecule has 0 aromatic rings. The maximum Gasteiger partial charge on any atom is 0.0731 e. The first-order valence-electron chi connectivity index (χ1n) is 6.95. The van der Waals surface area contributed by atoms with Gasteiger partial charge >= 0.3 is 0 Å². The van der Waals surface area contributed by atoms with Crippen LogP contribution in [0.15, 0.2) is 0 Å². The Kier molecular flexibility index (Phi) is 3.18. The highest BCUT2D eigenvalue weighted by molar-refractivity contribution is 4.94. The summed E-state index contributed by atoms with van der Waals surface area (Å²) in [6, 6.07) is 2.25. The molecule has 0 spiro atoms. The van der Waals surface area contributed by atoms with Crippen molar-refractivity contribution in [3.05, 3.63) is 0 Å². The molecule has 0 bridgehead atoms. The highest BCUT2D eigenvalue weighted by Gasteiger charge is 2.39. The van der Waals surface area contributed by atoms with Crippen LogP contribution in [-0.4, -0.2) is 48.8 Å². The first kappa shape index (κ1) is 11.0. The SMILES string of the molecule is CC1CC(N2CCOC3CCCC32)CCN1. The first-order valence-corrected chi connectivity index (χ1v) is 6.95. The van der Waals surface area contributed by atoms with Crippen LogP contribution in [-0.2, 0) is 4.74 Å². The molecule has 1 N–H and O–H groups in total. The van der Waals surface area contributed by atoms with Crippen LogP contribution < -0.4 is 5.32 Å². The number of nitrogens with zero attached hydrogens (tertiary/aromatic N) is 1. The van der Waals surface area contributed by atoms with E-state index in [1.54, 1.807) is 0 Å². The molecule has 3 nitrogen and oxygen atoms in total. The maximum atomic E-state index is 5.89. The normalized spacial score (nSPS) is 45.6. The smallest absolute Gasteiger partial charge is 0.0731 e. The topological polar surface area (TPSA) is 24.5 Å². The second-order valence-electron chi connectivity index (χ2n) is 5.68. The van der Waals surface area contributed by atoms with E-state index >= 15 is 0 Å². The first-order chi connectivity index (χ1) is 7.84. The summed E-state index contributed by atoms with van der Waals surface area (Å²) in [5.41, 5.74) is 0. The van der Waals surface area contributed by atoms with Gasteiger partial charge in [0.05, 0.1) is 12.7 Å². The van der Waals surface area contributed by atoms with Crippen LogP contribution in [0.4, 0.5) is 0 Å². The number of fused-ring (bicyclic) bond motifs is 1. The van der Waals surface area contributed by atoms with Crippen molar-refractivity contribution in [3.63, 3.8) is 0 Å². The van der Waals surface area contributed by atoms with E-state index in [1.807, 2.05) is 0 Å². The Balaban J connectivity index is 1.67. The molecule has 3 aliphatic rings. The summed E-state index contributed by atoms with van der Waals surface area (Å²) >= 11 is 0. The second-order valence-corrected chi connectivity index (χ2v) is 5.68. The summed E-state index contributed by atoms with van der Waals surface area (Å²) in [7, 11) is 0. The Labute approximate surface area is 98.5 Å². The van der Waals surface area contributed by atoms with Gasteiger partial charge in [0.1, 0.15) is 0 Å². The minimum Gasteiger partial charge on any atom is -0.375 e. The number of nitrogens with one attached hydrogen (secondary N) is 1. The van der Waals surface area contributed by atoms with E-state index in [4.69, 9.17) is 4.74 Å². The molecule has 0 amide bonds.